The van der Waals surface area contributed by atoms with Crippen molar-refractivity contribution in [3.05, 3.63) is 77.2 Å². The van der Waals surface area contributed by atoms with E-state index in [1.54, 1.807) is 24.1 Å². The number of benzene rings is 2. The molecular formula is C23H23F3N4O2. The first-order valence-corrected chi connectivity index (χ1v) is 10.1. The summed E-state index contributed by atoms with van der Waals surface area (Å²) < 4.78 is 39.6. The van der Waals surface area contributed by atoms with Crippen LogP contribution < -0.4 is 5.32 Å². The van der Waals surface area contributed by atoms with E-state index in [-0.39, 0.29) is 30.3 Å². The smallest absolute Gasteiger partial charge is 0.254 e. The fraction of sp³-hybridized carbons (Fsp3) is 0.261. The summed E-state index contributed by atoms with van der Waals surface area (Å²) in [5.74, 6) is -2.89. The van der Waals surface area contributed by atoms with Crippen LogP contribution >= 0.6 is 0 Å². The number of amides is 2. The second kappa shape index (κ2) is 10.6. The minimum atomic E-state index is -0.952. The van der Waals surface area contributed by atoms with E-state index in [0.717, 1.165) is 29.1 Å². The summed E-state index contributed by atoms with van der Waals surface area (Å²) >= 11 is 0. The van der Waals surface area contributed by atoms with Gasteiger partial charge in [-0.25, -0.2) is 13.2 Å². The van der Waals surface area contributed by atoms with Gasteiger partial charge in [-0.1, -0.05) is 0 Å². The highest BCUT2D eigenvalue weighted by atomic mass is 19.1. The highest BCUT2D eigenvalue weighted by Gasteiger charge is 2.14. The summed E-state index contributed by atoms with van der Waals surface area (Å²) in [6, 6.07) is 10.7. The summed E-state index contributed by atoms with van der Waals surface area (Å²) in [4.78, 5) is 25.7. The molecule has 6 nitrogen and oxygen atoms in total. The number of hydrogen-bond acceptors (Lipinski definition) is 3. The van der Waals surface area contributed by atoms with Gasteiger partial charge in [-0.3, -0.25) is 14.7 Å². The molecule has 0 bridgehead atoms. The Balaban J connectivity index is 1.38. The first-order valence-electron chi connectivity index (χ1n) is 10.1. The van der Waals surface area contributed by atoms with Gasteiger partial charge in [0.2, 0.25) is 5.91 Å². The van der Waals surface area contributed by atoms with Crippen LogP contribution in [-0.4, -0.2) is 47.0 Å². The molecule has 3 aromatic rings. The van der Waals surface area contributed by atoms with Gasteiger partial charge in [0, 0.05) is 43.9 Å². The number of aromatic nitrogens is 2. The third-order valence-electron chi connectivity index (χ3n) is 4.94. The molecule has 168 valence electrons. The maximum absolute atomic E-state index is 13.6. The molecule has 0 saturated heterocycles. The van der Waals surface area contributed by atoms with Crippen molar-refractivity contribution in [3.63, 3.8) is 0 Å². The summed E-state index contributed by atoms with van der Waals surface area (Å²) in [5, 5.41) is 9.63. The summed E-state index contributed by atoms with van der Waals surface area (Å²) in [6.07, 6.45) is 1.43. The van der Waals surface area contributed by atoms with Crippen LogP contribution in [0.25, 0.3) is 11.3 Å². The Bertz CT molecular complexity index is 1080. The zero-order valence-corrected chi connectivity index (χ0v) is 17.5. The molecule has 0 aliphatic rings. The van der Waals surface area contributed by atoms with Crippen molar-refractivity contribution in [2.45, 2.75) is 19.3 Å². The van der Waals surface area contributed by atoms with Gasteiger partial charge in [0.25, 0.3) is 5.91 Å². The van der Waals surface area contributed by atoms with Crippen molar-refractivity contribution < 1.29 is 22.8 Å². The molecule has 0 atom stereocenters. The quantitative estimate of drug-likeness (QED) is 0.528. The van der Waals surface area contributed by atoms with Crippen LogP contribution in [0.4, 0.5) is 13.2 Å². The molecular weight excluding hydrogens is 421 g/mol. The molecule has 0 unspecified atom stereocenters. The number of hydrogen-bond donors (Lipinski definition) is 2. The molecule has 2 aromatic carbocycles. The number of nitrogens with one attached hydrogen (secondary N) is 2. The van der Waals surface area contributed by atoms with Crippen molar-refractivity contribution in [2.75, 3.05) is 20.1 Å². The zero-order valence-electron chi connectivity index (χ0n) is 17.5. The van der Waals surface area contributed by atoms with Crippen molar-refractivity contribution in [1.29, 1.82) is 0 Å². The van der Waals surface area contributed by atoms with Crippen molar-refractivity contribution >= 4 is 11.8 Å². The Morgan fingerprint density at radius 2 is 1.75 bits per heavy atom. The molecule has 1 aromatic heterocycles. The maximum atomic E-state index is 13.6. The Hall–Kier alpha value is -3.62. The largest absolute Gasteiger partial charge is 0.351 e. The maximum Gasteiger partial charge on any atom is 0.254 e. The molecule has 0 aliphatic heterocycles. The Labute approximate surface area is 183 Å². The highest BCUT2D eigenvalue weighted by Crippen LogP contribution is 2.18. The second-order valence-corrected chi connectivity index (χ2v) is 7.33. The Morgan fingerprint density at radius 1 is 1.03 bits per heavy atom. The van der Waals surface area contributed by atoms with Gasteiger partial charge in [-0.2, -0.15) is 5.10 Å². The molecule has 0 fully saturated rings. The van der Waals surface area contributed by atoms with Crippen LogP contribution in [0.3, 0.4) is 0 Å². The number of aromatic amines is 1. The van der Waals surface area contributed by atoms with E-state index < -0.39 is 17.5 Å². The van der Waals surface area contributed by atoms with Crippen LogP contribution in [0.5, 0.6) is 0 Å². The van der Waals surface area contributed by atoms with E-state index in [2.05, 4.69) is 15.5 Å². The number of halogens is 3. The molecule has 0 radical (unpaired) electrons. The van der Waals surface area contributed by atoms with Gasteiger partial charge in [-0.15, -0.1) is 0 Å². The highest BCUT2D eigenvalue weighted by molar-refractivity contribution is 5.94. The fourth-order valence-corrected chi connectivity index (χ4v) is 3.13. The van der Waals surface area contributed by atoms with Crippen molar-refractivity contribution in [3.8, 4) is 11.3 Å². The first kappa shape index (κ1) is 23.1. The normalized spacial score (nSPS) is 10.8. The third kappa shape index (κ3) is 6.19. The molecule has 0 aliphatic carbocycles. The van der Waals surface area contributed by atoms with E-state index in [0.29, 0.717) is 25.5 Å². The second-order valence-electron chi connectivity index (χ2n) is 7.33. The standard InChI is InChI=1S/C23H23F3N4O2/c1-30(22(31)10-11-27-23(32)19-9-8-17(25)13-20(19)26)12-2-3-18-14-21(29-28-18)15-4-6-16(24)7-5-15/h4-9,13-14H,2-3,10-12H2,1H3,(H,27,32)(H,28,29). The van der Waals surface area contributed by atoms with Crippen LogP contribution in [0.1, 0.15) is 28.9 Å². The topological polar surface area (TPSA) is 78.1 Å². The third-order valence-corrected chi connectivity index (χ3v) is 4.94. The first-order chi connectivity index (χ1) is 15.3. The average Bonchev–Trinajstić information content (AvgIpc) is 3.22. The lowest BCUT2D eigenvalue weighted by Gasteiger charge is -2.17. The molecule has 2 N–H and O–H groups in total. The van der Waals surface area contributed by atoms with E-state index in [1.807, 2.05) is 6.07 Å². The average molecular weight is 444 g/mol. The number of nitrogens with zero attached hydrogens (tertiary/aromatic N) is 2. The van der Waals surface area contributed by atoms with Crippen LogP contribution in [0.2, 0.25) is 0 Å². The van der Waals surface area contributed by atoms with Crippen molar-refractivity contribution in [1.82, 2.24) is 20.4 Å². The number of carbonyl (C=O) groups excluding carboxylic acids is 2. The molecule has 3 rings (SSSR count). The molecule has 9 heteroatoms. The van der Waals surface area contributed by atoms with Crippen LogP contribution in [0.15, 0.2) is 48.5 Å². The summed E-state index contributed by atoms with van der Waals surface area (Å²) in [6.45, 7) is 0.546. The van der Waals surface area contributed by atoms with E-state index in [9.17, 15) is 22.8 Å². The lowest BCUT2D eigenvalue weighted by Crippen LogP contribution is -2.33. The number of aryl methyl sites for hydroxylation is 1. The number of rotatable bonds is 9. The Morgan fingerprint density at radius 3 is 2.47 bits per heavy atom. The van der Waals surface area contributed by atoms with Gasteiger partial charge in [0.05, 0.1) is 11.3 Å². The van der Waals surface area contributed by atoms with Gasteiger partial charge < -0.3 is 10.2 Å². The minimum absolute atomic E-state index is 0.0421. The van der Waals surface area contributed by atoms with E-state index >= 15 is 0 Å². The lowest BCUT2D eigenvalue weighted by atomic mass is 10.1. The number of carbonyl (C=O) groups is 2. The molecule has 1 heterocycles. The monoisotopic (exact) mass is 444 g/mol. The van der Waals surface area contributed by atoms with E-state index in [1.165, 1.54) is 12.1 Å². The van der Waals surface area contributed by atoms with Crippen LogP contribution in [0, 0.1) is 17.5 Å². The zero-order chi connectivity index (χ0) is 23.1. The molecule has 32 heavy (non-hydrogen) atoms. The summed E-state index contributed by atoms with van der Waals surface area (Å²) in [7, 11) is 1.67. The van der Waals surface area contributed by atoms with Gasteiger partial charge in [0.1, 0.15) is 17.5 Å². The summed E-state index contributed by atoms with van der Waals surface area (Å²) in [5.41, 5.74) is 2.16. The van der Waals surface area contributed by atoms with E-state index in [4.69, 9.17) is 0 Å². The number of H-pyrrole nitrogens is 1. The predicted octanol–water partition coefficient (Wildman–Crippen LogP) is 3.71. The molecule has 0 saturated carbocycles. The van der Waals surface area contributed by atoms with Crippen LogP contribution in [-0.2, 0) is 11.2 Å². The Kier molecular flexibility index (Phi) is 7.64. The minimum Gasteiger partial charge on any atom is -0.351 e. The fourth-order valence-electron chi connectivity index (χ4n) is 3.13. The SMILES string of the molecule is CN(CCCc1cc(-c2ccc(F)cc2)n[nH]1)C(=O)CCNC(=O)c1ccc(F)cc1F. The van der Waals surface area contributed by atoms with Gasteiger partial charge in [0.15, 0.2) is 0 Å². The van der Waals surface area contributed by atoms with Gasteiger partial charge in [-0.05, 0) is 55.3 Å². The lowest BCUT2D eigenvalue weighted by molar-refractivity contribution is -0.129. The van der Waals surface area contributed by atoms with Crippen molar-refractivity contribution in [2.24, 2.45) is 0 Å². The van der Waals surface area contributed by atoms with Gasteiger partial charge >= 0.3 is 0 Å². The molecule has 2 amide bonds. The predicted molar refractivity (Wildman–Crippen MR) is 113 cm³/mol. The molecule has 0 spiro atoms.